The Morgan fingerprint density at radius 3 is 2.76 bits per heavy atom. The second-order valence-electron chi connectivity index (χ2n) is 8.59. The fourth-order valence-corrected chi connectivity index (χ4v) is 5.93. The summed E-state index contributed by atoms with van der Waals surface area (Å²) < 4.78 is 1.63. The number of carbonyl (C=O) groups excluding carboxylic acids is 1. The van der Waals surface area contributed by atoms with Crippen LogP contribution in [0.25, 0.3) is 0 Å². The quantitative estimate of drug-likeness (QED) is 0.650. The van der Waals surface area contributed by atoms with Crippen LogP contribution in [0.2, 0.25) is 0 Å². The van der Waals surface area contributed by atoms with Crippen molar-refractivity contribution in [2.75, 3.05) is 0 Å². The Balaban J connectivity index is 1.33. The van der Waals surface area contributed by atoms with E-state index in [2.05, 4.69) is 22.4 Å². The van der Waals surface area contributed by atoms with Gasteiger partial charge in [0.05, 0.1) is 5.25 Å². The molecule has 29 heavy (non-hydrogen) atoms. The third-order valence-electron chi connectivity index (χ3n) is 6.65. The lowest BCUT2D eigenvalue weighted by atomic mass is 9.84. The van der Waals surface area contributed by atoms with Crippen molar-refractivity contribution in [3.8, 4) is 0 Å². The number of fused-ring (bicyclic) bond motifs is 2. The number of aromatic amines is 1. The highest BCUT2D eigenvalue weighted by Gasteiger charge is 2.42. The Hall–Kier alpha value is -2.02. The van der Waals surface area contributed by atoms with Gasteiger partial charge in [-0.25, -0.2) is 9.89 Å². The van der Waals surface area contributed by atoms with Crippen molar-refractivity contribution in [2.24, 2.45) is 17.8 Å². The van der Waals surface area contributed by atoms with Crippen LogP contribution >= 0.6 is 11.8 Å². The van der Waals surface area contributed by atoms with Gasteiger partial charge in [-0.3, -0.25) is 9.36 Å². The topological polar surface area (TPSA) is 79.8 Å². The molecule has 0 spiro atoms. The number of H-pyrrole nitrogens is 1. The van der Waals surface area contributed by atoms with Gasteiger partial charge in [0, 0.05) is 12.6 Å². The molecular weight excluding hydrogens is 384 g/mol. The highest BCUT2D eigenvalue weighted by atomic mass is 32.2. The second-order valence-corrected chi connectivity index (χ2v) is 9.90. The molecule has 2 aromatic rings. The number of nitrogens with zero attached hydrogens (tertiary/aromatic N) is 2. The molecule has 2 fully saturated rings. The summed E-state index contributed by atoms with van der Waals surface area (Å²) in [5.74, 6) is 2.30. The molecule has 4 rings (SSSR count). The molecule has 5 unspecified atom stereocenters. The fourth-order valence-electron chi connectivity index (χ4n) is 5.04. The Morgan fingerprint density at radius 1 is 1.28 bits per heavy atom. The number of rotatable bonds is 8. The number of hydrogen-bond donors (Lipinski definition) is 2. The smallest absolute Gasteiger partial charge is 0.343 e. The summed E-state index contributed by atoms with van der Waals surface area (Å²) in [5.41, 5.74) is 0.938. The lowest BCUT2D eigenvalue weighted by Gasteiger charge is -2.29. The highest BCUT2D eigenvalue weighted by Crippen LogP contribution is 2.49. The molecule has 2 bridgehead atoms. The van der Waals surface area contributed by atoms with E-state index in [4.69, 9.17) is 0 Å². The summed E-state index contributed by atoms with van der Waals surface area (Å²) in [5, 5.41) is 10.2. The zero-order chi connectivity index (χ0) is 20.4. The fraction of sp³-hybridized carbons (Fsp3) is 0.591. The van der Waals surface area contributed by atoms with Crippen LogP contribution in [0.4, 0.5) is 0 Å². The van der Waals surface area contributed by atoms with E-state index in [1.807, 2.05) is 37.3 Å². The van der Waals surface area contributed by atoms with Gasteiger partial charge in [0.1, 0.15) is 0 Å². The van der Waals surface area contributed by atoms with E-state index in [1.165, 1.54) is 43.0 Å². The van der Waals surface area contributed by atoms with Crippen molar-refractivity contribution < 1.29 is 4.79 Å². The Bertz CT molecular complexity index is 894. The summed E-state index contributed by atoms with van der Waals surface area (Å²) >= 11 is 1.34. The van der Waals surface area contributed by atoms with E-state index in [0.29, 0.717) is 17.6 Å². The predicted molar refractivity (Wildman–Crippen MR) is 115 cm³/mol. The van der Waals surface area contributed by atoms with E-state index in [0.717, 1.165) is 18.3 Å². The van der Waals surface area contributed by atoms with Crippen LogP contribution < -0.4 is 11.0 Å². The Morgan fingerprint density at radius 2 is 2.07 bits per heavy atom. The lowest BCUT2D eigenvalue weighted by molar-refractivity contribution is -0.121. The van der Waals surface area contributed by atoms with Gasteiger partial charge in [-0.2, -0.15) is 0 Å². The molecular formula is C22H30N4O2S. The molecule has 0 aliphatic heterocycles. The standard InChI is InChI=1S/C22H30N4O2S/c1-14(19-13-17-8-9-18(19)12-17)23-20(27)15(2)29-22-25-24-21(28)26(22)11-10-16-6-4-3-5-7-16/h3-7,14-15,17-19H,8-13H2,1-2H3,(H,23,27)(H,24,28). The molecule has 2 aliphatic carbocycles. The minimum atomic E-state index is -0.304. The third-order valence-corrected chi connectivity index (χ3v) is 7.74. The molecule has 2 N–H and O–H groups in total. The van der Waals surface area contributed by atoms with Crippen molar-refractivity contribution in [3.05, 3.63) is 46.4 Å². The number of aromatic nitrogens is 3. The van der Waals surface area contributed by atoms with Gasteiger partial charge in [-0.1, -0.05) is 48.5 Å². The summed E-state index contributed by atoms with van der Waals surface area (Å²) in [6.45, 7) is 4.57. The van der Waals surface area contributed by atoms with Crippen LogP contribution in [0.1, 0.15) is 45.1 Å². The van der Waals surface area contributed by atoms with Gasteiger partial charge < -0.3 is 5.32 Å². The summed E-state index contributed by atoms with van der Waals surface area (Å²) in [6.07, 6.45) is 6.03. The van der Waals surface area contributed by atoms with E-state index >= 15 is 0 Å². The Labute approximate surface area is 175 Å². The van der Waals surface area contributed by atoms with Crippen LogP contribution in [0.15, 0.2) is 40.3 Å². The molecule has 5 atom stereocenters. The van der Waals surface area contributed by atoms with Crippen LogP contribution in [-0.4, -0.2) is 32.0 Å². The number of thioether (sulfide) groups is 1. The predicted octanol–water partition coefficient (Wildman–Crippen LogP) is 3.24. The maximum atomic E-state index is 12.8. The van der Waals surface area contributed by atoms with Gasteiger partial charge >= 0.3 is 5.69 Å². The largest absolute Gasteiger partial charge is 0.352 e. The van der Waals surface area contributed by atoms with Gasteiger partial charge in [0.25, 0.3) is 0 Å². The van der Waals surface area contributed by atoms with Crippen LogP contribution in [-0.2, 0) is 17.8 Å². The van der Waals surface area contributed by atoms with Gasteiger partial charge in [0.15, 0.2) is 5.16 Å². The maximum Gasteiger partial charge on any atom is 0.343 e. The molecule has 156 valence electrons. The van der Waals surface area contributed by atoms with Gasteiger partial charge in [-0.05, 0) is 62.8 Å². The average Bonchev–Trinajstić information content (AvgIpc) is 3.44. The molecule has 0 radical (unpaired) electrons. The first-order chi connectivity index (χ1) is 14.0. The van der Waals surface area contributed by atoms with Crippen molar-refractivity contribution in [2.45, 2.75) is 68.9 Å². The third kappa shape index (κ3) is 4.60. The molecule has 1 heterocycles. The van der Waals surface area contributed by atoms with Crippen LogP contribution in [0.5, 0.6) is 0 Å². The maximum absolute atomic E-state index is 12.8. The number of aryl methyl sites for hydroxylation is 1. The summed E-state index contributed by atoms with van der Waals surface area (Å²) in [7, 11) is 0. The minimum Gasteiger partial charge on any atom is -0.352 e. The zero-order valence-corrected chi connectivity index (χ0v) is 18.0. The highest BCUT2D eigenvalue weighted by molar-refractivity contribution is 8.00. The molecule has 1 amide bonds. The van der Waals surface area contributed by atoms with Crippen molar-refractivity contribution in [3.63, 3.8) is 0 Å². The lowest BCUT2D eigenvalue weighted by Crippen LogP contribution is -2.43. The van der Waals surface area contributed by atoms with Crippen molar-refractivity contribution in [1.29, 1.82) is 0 Å². The average molecular weight is 415 g/mol. The zero-order valence-electron chi connectivity index (χ0n) is 17.1. The van der Waals surface area contributed by atoms with E-state index < -0.39 is 0 Å². The van der Waals surface area contributed by atoms with E-state index in [1.54, 1.807) is 4.57 Å². The molecule has 6 nitrogen and oxygen atoms in total. The molecule has 2 saturated carbocycles. The summed E-state index contributed by atoms with van der Waals surface area (Å²) in [4.78, 5) is 24.9. The van der Waals surface area contributed by atoms with Gasteiger partial charge in [0.2, 0.25) is 5.91 Å². The molecule has 1 aromatic heterocycles. The molecule has 2 aliphatic rings. The second kappa shape index (κ2) is 8.78. The van der Waals surface area contributed by atoms with Crippen molar-refractivity contribution in [1.82, 2.24) is 20.1 Å². The summed E-state index contributed by atoms with van der Waals surface area (Å²) in [6, 6.07) is 10.3. The Kier molecular flexibility index (Phi) is 6.13. The first-order valence-electron chi connectivity index (χ1n) is 10.7. The van der Waals surface area contributed by atoms with Crippen LogP contribution in [0, 0.1) is 17.8 Å². The number of amides is 1. The molecule has 0 saturated heterocycles. The minimum absolute atomic E-state index is 0.0235. The van der Waals surface area contributed by atoms with E-state index in [9.17, 15) is 9.59 Å². The normalized spacial score (nSPS) is 25.1. The van der Waals surface area contributed by atoms with E-state index in [-0.39, 0.29) is 22.9 Å². The first-order valence-corrected chi connectivity index (χ1v) is 11.6. The number of benzene rings is 1. The SMILES string of the molecule is CC(Sc1n[nH]c(=O)n1CCc1ccccc1)C(=O)NC(C)C1CC2CCC1C2. The number of carbonyl (C=O) groups is 1. The van der Waals surface area contributed by atoms with Gasteiger partial charge in [-0.15, -0.1) is 5.10 Å². The number of nitrogens with one attached hydrogen (secondary N) is 2. The first kappa shape index (κ1) is 20.3. The molecule has 7 heteroatoms. The monoisotopic (exact) mass is 414 g/mol. The number of hydrogen-bond acceptors (Lipinski definition) is 4. The molecule has 1 aromatic carbocycles. The van der Waals surface area contributed by atoms with Crippen molar-refractivity contribution >= 4 is 17.7 Å². The van der Waals surface area contributed by atoms with Crippen LogP contribution in [0.3, 0.4) is 0 Å².